The Morgan fingerprint density at radius 2 is 1.71 bits per heavy atom. The lowest BCUT2D eigenvalue weighted by molar-refractivity contribution is 0.578. The van der Waals surface area contributed by atoms with E-state index in [4.69, 9.17) is 23.2 Å². The molecule has 1 rings (SSSR count). The topological polar surface area (TPSA) is 58.2 Å². The molecule has 0 aromatic heterocycles. The fourth-order valence-corrected chi connectivity index (χ4v) is 2.99. The lowest BCUT2D eigenvalue weighted by atomic mass is 10.2. The van der Waals surface area contributed by atoms with Gasteiger partial charge in [0.15, 0.2) is 0 Å². The third-order valence-electron chi connectivity index (χ3n) is 1.98. The van der Waals surface area contributed by atoms with Gasteiger partial charge in [-0.15, -0.1) is 0 Å². The third kappa shape index (κ3) is 5.70. The SMILES string of the molecule is CNCCNS(=O)(=O)Cc1cc(Cl)cc(Cl)c1. The Morgan fingerprint density at radius 1 is 1.12 bits per heavy atom. The van der Waals surface area contributed by atoms with Crippen LogP contribution in [0, 0.1) is 0 Å². The standard InChI is InChI=1S/C10H14Cl2N2O2S/c1-13-2-3-14-17(15,16)7-8-4-9(11)6-10(12)5-8/h4-6,13-14H,2-3,7H2,1H3. The van der Waals surface area contributed by atoms with Gasteiger partial charge in [-0.25, -0.2) is 13.1 Å². The first-order valence-corrected chi connectivity index (χ1v) is 7.41. The molecule has 0 atom stereocenters. The van der Waals surface area contributed by atoms with Crippen molar-refractivity contribution in [2.75, 3.05) is 20.1 Å². The van der Waals surface area contributed by atoms with Crippen molar-refractivity contribution < 1.29 is 8.42 Å². The van der Waals surface area contributed by atoms with Gasteiger partial charge in [-0.2, -0.15) is 0 Å². The van der Waals surface area contributed by atoms with E-state index in [1.807, 2.05) is 0 Å². The molecular formula is C10H14Cl2N2O2S. The maximum atomic E-state index is 11.7. The Morgan fingerprint density at radius 3 is 2.24 bits per heavy atom. The molecule has 0 radical (unpaired) electrons. The summed E-state index contributed by atoms with van der Waals surface area (Å²) in [4.78, 5) is 0. The average Bonchev–Trinajstić information content (AvgIpc) is 2.14. The molecular weight excluding hydrogens is 283 g/mol. The van der Waals surface area contributed by atoms with E-state index in [9.17, 15) is 8.42 Å². The molecule has 1 aromatic carbocycles. The van der Waals surface area contributed by atoms with Crippen molar-refractivity contribution in [1.82, 2.24) is 10.0 Å². The zero-order valence-corrected chi connectivity index (χ0v) is 11.7. The highest BCUT2D eigenvalue weighted by Gasteiger charge is 2.11. The molecule has 17 heavy (non-hydrogen) atoms. The Hall–Kier alpha value is -0.330. The molecule has 0 aliphatic carbocycles. The fraction of sp³-hybridized carbons (Fsp3) is 0.400. The highest BCUT2D eigenvalue weighted by Crippen LogP contribution is 2.20. The summed E-state index contributed by atoms with van der Waals surface area (Å²) in [7, 11) is -1.59. The second kappa shape index (κ2) is 6.56. The predicted molar refractivity (Wildman–Crippen MR) is 71.0 cm³/mol. The molecule has 4 nitrogen and oxygen atoms in total. The van der Waals surface area contributed by atoms with E-state index >= 15 is 0 Å². The highest BCUT2D eigenvalue weighted by atomic mass is 35.5. The first kappa shape index (κ1) is 14.7. The quantitative estimate of drug-likeness (QED) is 0.785. The predicted octanol–water partition coefficient (Wildman–Crippen LogP) is 1.63. The van der Waals surface area contributed by atoms with Crippen LogP contribution in [0.4, 0.5) is 0 Å². The van der Waals surface area contributed by atoms with Crippen LogP contribution in [0.25, 0.3) is 0 Å². The molecule has 0 saturated heterocycles. The van der Waals surface area contributed by atoms with Crippen LogP contribution < -0.4 is 10.0 Å². The van der Waals surface area contributed by atoms with Crippen LogP contribution in [0.3, 0.4) is 0 Å². The summed E-state index contributed by atoms with van der Waals surface area (Å²) in [5.41, 5.74) is 0.569. The largest absolute Gasteiger partial charge is 0.318 e. The highest BCUT2D eigenvalue weighted by molar-refractivity contribution is 7.88. The van der Waals surface area contributed by atoms with Crippen molar-refractivity contribution in [1.29, 1.82) is 0 Å². The lowest BCUT2D eigenvalue weighted by Gasteiger charge is -2.07. The summed E-state index contributed by atoms with van der Waals surface area (Å²) >= 11 is 11.6. The van der Waals surface area contributed by atoms with Crippen molar-refractivity contribution in [3.8, 4) is 0 Å². The van der Waals surface area contributed by atoms with Crippen LogP contribution in [0.15, 0.2) is 18.2 Å². The minimum Gasteiger partial charge on any atom is -0.318 e. The summed E-state index contributed by atoms with van der Waals surface area (Å²) in [6, 6.07) is 4.74. The zero-order valence-electron chi connectivity index (χ0n) is 9.33. The summed E-state index contributed by atoms with van der Waals surface area (Å²) in [5, 5.41) is 3.71. The number of likely N-dealkylation sites (N-methyl/N-ethyl adjacent to an activating group) is 1. The van der Waals surface area contributed by atoms with Gasteiger partial charge in [-0.05, 0) is 30.8 Å². The van der Waals surface area contributed by atoms with Gasteiger partial charge in [0.1, 0.15) is 0 Å². The maximum Gasteiger partial charge on any atom is 0.215 e. The first-order valence-electron chi connectivity index (χ1n) is 5.00. The molecule has 0 spiro atoms. The van der Waals surface area contributed by atoms with Gasteiger partial charge >= 0.3 is 0 Å². The lowest BCUT2D eigenvalue weighted by Crippen LogP contribution is -2.31. The number of hydrogen-bond acceptors (Lipinski definition) is 3. The number of sulfonamides is 1. The van der Waals surface area contributed by atoms with E-state index in [1.54, 1.807) is 25.2 Å². The van der Waals surface area contributed by atoms with Gasteiger partial charge < -0.3 is 5.32 Å². The average molecular weight is 297 g/mol. The van der Waals surface area contributed by atoms with Gasteiger partial charge in [0, 0.05) is 23.1 Å². The van der Waals surface area contributed by atoms with Gasteiger partial charge in [0.05, 0.1) is 5.75 Å². The third-order valence-corrected chi connectivity index (χ3v) is 3.77. The van der Waals surface area contributed by atoms with Gasteiger partial charge in [0.2, 0.25) is 10.0 Å². The Labute approximate surface area is 111 Å². The second-order valence-corrected chi connectivity index (χ2v) is 6.21. The summed E-state index contributed by atoms with van der Waals surface area (Å²) in [6.45, 7) is 0.933. The van der Waals surface area contributed by atoms with Gasteiger partial charge in [0.25, 0.3) is 0 Å². The van der Waals surface area contributed by atoms with Gasteiger partial charge in [-0.3, -0.25) is 0 Å². The maximum absolute atomic E-state index is 11.7. The second-order valence-electron chi connectivity index (χ2n) is 3.53. The molecule has 0 saturated carbocycles. The summed E-state index contributed by atoms with van der Waals surface area (Å²) in [5.74, 6) is -0.128. The molecule has 1 aromatic rings. The Balaban J connectivity index is 2.69. The fourth-order valence-electron chi connectivity index (χ4n) is 1.30. The number of hydrogen-bond donors (Lipinski definition) is 2. The Kier molecular flexibility index (Phi) is 5.69. The van der Waals surface area contributed by atoms with Crippen LogP contribution in [0.5, 0.6) is 0 Å². The van der Waals surface area contributed by atoms with Crippen molar-refractivity contribution in [2.45, 2.75) is 5.75 Å². The molecule has 7 heteroatoms. The van der Waals surface area contributed by atoms with Gasteiger partial charge in [-0.1, -0.05) is 23.2 Å². The van der Waals surface area contributed by atoms with Crippen LogP contribution in [0.1, 0.15) is 5.56 Å². The monoisotopic (exact) mass is 296 g/mol. The van der Waals surface area contributed by atoms with E-state index < -0.39 is 10.0 Å². The van der Waals surface area contributed by atoms with Crippen molar-refractivity contribution in [3.63, 3.8) is 0 Å². The molecule has 0 fully saturated rings. The normalized spacial score (nSPS) is 11.7. The molecule has 0 amide bonds. The summed E-state index contributed by atoms with van der Waals surface area (Å²) in [6.07, 6.45) is 0. The van der Waals surface area contributed by atoms with E-state index in [1.165, 1.54) is 0 Å². The van der Waals surface area contributed by atoms with Crippen LogP contribution in [0.2, 0.25) is 10.0 Å². The van der Waals surface area contributed by atoms with Crippen LogP contribution >= 0.6 is 23.2 Å². The smallest absolute Gasteiger partial charge is 0.215 e. The molecule has 0 aliphatic rings. The van der Waals surface area contributed by atoms with E-state index in [2.05, 4.69) is 10.0 Å². The first-order chi connectivity index (χ1) is 7.93. The molecule has 0 unspecified atom stereocenters. The van der Waals surface area contributed by atoms with E-state index in [0.717, 1.165) is 0 Å². The summed E-state index contributed by atoms with van der Waals surface area (Å²) < 4.78 is 25.8. The zero-order chi connectivity index (χ0) is 12.9. The van der Waals surface area contributed by atoms with E-state index in [-0.39, 0.29) is 5.75 Å². The van der Waals surface area contributed by atoms with Crippen molar-refractivity contribution in [3.05, 3.63) is 33.8 Å². The molecule has 96 valence electrons. The number of benzene rings is 1. The number of nitrogens with one attached hydrogen (secondary N) is 2. The molecule has 2 N–H and O–H groups in total. The van der Waals surface area contributed by atoms with Crippen LogP contribution in [-0.2, 0) is 15.8 Å². The minimum absolute atomic E-state index is 0.128. The molecule has 0 aliphatic heterocycles. The number of halogens is 2. The molecule has 0 heterocycles. The number of rotatable bonds is 6. The minimum atomic E-state index is -3.35. The van der Waals surface area contributed by atoms with Crippen molar-refractivity contribution in [2.24, 2.45) is 0 Å². The van der Waals surface area contributed by atoms with E-state index in [0.29, 0.717) is 28.7 Å². The van der Waals surface area contributed by atoms with Crippen molar-refractivity contribution >= 4 is 33.2 Å². The Bertz CT molecular complexity index is 457. The van der Waals surface area contributed by atoms with Crippen LogP contribution in [-0.4, -0.2) is 28.6 Å². The molecule has 0 bridgehead atoms.